The van der Waals surface area contributed by atoms with Gasteiger partial charge in [0.05, 0.1) is 0 Å². The number of para-hydroxylation sites is 1. The van der Waals surface area contributed by atoms with Gasteiger partial charge in [-0.05, 0) is 0 Å². The van der Waals surface area contributed by atoms with Crippen LogP contribution in [0.15, 0.2) is 36.5 Å². The zero-order chi connectivity index (χ0) is 15.0. The first kappa shape index (κ1) is 14.3. The van der Waals surface area contributed by atoms with Crippen LogP contribution in [0.25, 0.3) is 22.3 Å². The quantitative estimate of drug-likeness (QED) is 0.494. The number of aromatic nitrogens is 3. The number of phenolic OH excluding ortho intramolecular Hbond substituents is 1. The average Bonchev–Trinajstić information content (AvgIpc) is 2.85. The zero-order valence-electron chi connectivity index (χ0n) is 11.2. The summed E-state index contributed by atoms with van der Waals surface area (Å²) in [6.45, 7) is 1.46. The Morgan fingerprint density at radius 1 is 1.33 bits per heavy atom. The van der Waals surface area contributed by atoms with Crippen molar-refractivity contribution in [2.75, 3.05) is 0 Å². The molecular formula is C14H11BFIN3O-. The predicted octanol–water partition coefficient (Wildman–Crippen LogP) is -0.230. The Morgan fingerprint density at radius 3 is 2.76 bits per heavy atom. The molecule has 0 aliphatic heterocycles. The van der Waals surface area contributed by atoms with Gasteiger partial charge in [0, 0.05) is 0 Å². The van der Waals surface area contributed by atoms with E-state index in [0.717, 1.165) is 5.52 Å². The van der Waals surface area contributed by atoms with Gasteiger partial charge in [-0.1, -0.05) is 0 Å². The van der Waals surface area contributed by atoms with E-state index >= 15 is 0 Å². The van der Waals surface area contributed by atoms with Gasteiger partial charge >= 0.3 is 133 Å². The van der Waals surface area contributed by atoms with Gasteiger partial charge in [-0.3, -0.25) is 0 Å². The topological polar surface area (TPSA) is 50.9 Å². The number of halogens is 2. The number of hydrogen-bond acceptors (Lipinski definition) is 3. The van der Waals surface area contributed by atoms with Gasteiger partial charge in [0.2, 0.25) is 0 Å². The minimum atomic E-state index is -1.13. The number of rotatable bonds is 3. The number of phenols is 1. The van der Waals surface area contributed by atoms with Crippen LogP contribution in [0.3, 0.4) is 0 Å². The van der Waals surface area contributed by atoms with Crippen molar-refractivity contribution in [1.82, 2.24) is 13.0 Å². The summed E-state index contributed by atoms with van der Waals surface area (Å²) in [6, 6.07) is 8.68. The SMILES string of the molecule is [B][I-]n1cc(C(C)F)c2nnc(-c3ccccc3O)cc21. The Hall–Kier alpha value is -1.64. The number of nitrogens with zero attached hydrogens (tertiary/aromatic N) is 3. The molecule has 3 aromatic rings. The number of alkyl halides is 1. The third-order valence-electron chi connectivity index (χ3n) is 3.24. The second-order valence-corrected chi connectivity index (χ2v) is 6.19. The standard InChI is InChI=1S/C14H11BFIN3O/c1-8(16)10-7-20(17-15)12-6-11(18-19-14(10)12)9-4-2-3-5-13(9)21/h2-8,21H,1H3/q-1. The number of aromatic hydroxyl groups is 1. The van der Waals surface area contributed by atoms with Crippen molar-refractivity contribution in [3.8, 4) is 17.0 Å². The molecule has 2 radical (unpaired) electrons. The molecule has 1 atom stereocenters. The Labute approximate surface area is 132 Å². The molecule has 0 aliphatic carbocycles. The molecule has 0 amide bonds. The predicted molar refractivity (Wildman–Crippen MR) is 75.3 cm³/mol. The third kappa shape index (κ3) is 2.50. The second kappa shape index (κ2) is 5.63. The summed E-state index contributed by atoms with van der Waals surface area (Å²) < 4.78 is 15.5. The van der Waals surface area contributed by atoms with Gasteiger partial charge in [-0.2, -0.15) is 0 Å². The molecule has 21 heavy (non-hydrogen) atoms. The fourth-order valence-corrected chi connectivity index (χ4v) is 3.33. The summed E-state index contributed by atoms with van der Waals surface area (Å²) in [6.07, 6.45) is 0.570. The number of hydrogen-bond donors (Lipinski definition) is 1. The Bertz CT molecular complexity index is 806. The van der Waals surface area contributed by atoms with Gasteiger partial charge in [0.25, 0.3) is 0 Å². The van der Waals surface area contributed by atoms with E-state index in [1.807, 2.05) is 8.85 Å². The molecule has 4 nitrogen and oxygen atoms in total. The maximum atomic E-state index is 13.7. The van der Waals surface area contributed by atoms with E-state index in [1.165, 1.54) is 6.92 Å². The van der Waals surface area contributed by atoms with E-state index in [9.17, 15) is 9.50 Å². The van der Waals surface area contributed by atoms with E-state index in [-0.39, 0.29) is 5.75 Å². The van der Waals surface area contributed by atoms with Crippen LogP contribution in [0, 0.1) is 0 Å². The molecule has 0 aliphatic rings. The summed E-state index contributed by atoms with van der Waals surface area (Å²) in [5, 5.41) is 18.1. The van der Waals surface area contributed by atoms with E-state index in [1.54, 1.807) is 30.5 Å². The Kier molecular flexibility index (Phi) is 3.84. The maximum absolute atomic E-state index is 13.7. The Morgan fingerprint density at radius 2 is 2.10 bits per heavy atom. The molecule has 7 heteroatoms. The van der Waals surface area contributed by atoms with Crippen molar-refractivity contribution in [3.63, 3.8) is 0 Å². The van der Waals surface area contributed by atoms with Crippen molar-refractivity contribution in [3.05, 3.63) is 42.1 Å². The van der Waals surface area contributed by atoms with Crippen LogP contribution in [0.2, 0.25) is 0 Å². The molecule has 1 N–H and O–H groups in total. The molecule has 0 saturated heterocycles. The monoisotopic (exact) mass is 394 g/mol. The van der Waals surface area contributed by atoms with E-state index < -0.39 is 27.4 Å². The van der Waals surface area contributed by atoms with Gasteiger partial charge in [0.1, 0.15) is 0 Å². The molecule has 0 spiro atoms. The summed E-state index contributed by atoms with van der Waals surface area (Å²) in [5.74, 6) is 0.130. The van der Waals surface area contributed by atoms with Crippen LogP contribution in [0.1, 0.15) is 18.7 Å². The zero-order valence-corrected chi connectivity index (χ0v) is 13.3. The van der Waals surface area contributed by atoms with E-state index in [2.05, 4.69) is 10.2 Å². The first-order valence-corrected chi connectivity index (χ1v) is 8.48. The van der Waals surface area contributed by atoms with Crippen molar-refractivity contribution in [2.24, 2.45) is 0 Å². The van der Waals surface area contributed by atoms with Gasteiger partial charge in [-0.15, -0.1) is 0 Å². The van der Waals surface area contributed by atoms with E-state index in [4.69, 9.17) is 5.70 Å². The molecule has 1 unspecified atom stereocenters. The van der Waals surface area contributed by atoms with Crippen molar-refractivity contribution < 1.29 is 30.8 Å². The van der Waals surface area contributed by atoms with Gasteiger partial charge < -0.3 is 0 Å². The minimum absolute atomic E-state index is 0.130. The molecule has 0 saturated carbocycles. The van der Waals surface area contributed by atoms with Gasteiger partial charge in [-0.25, -0.2) is 0 Å². The fourth-order valence-electron chi connectivity index (χ4n) is 2.20. The van der Waals surface area contributed by atoms with Crippen LogP contribution in [0.4, 0.5) is 4.39 Å². The third-order valence-corrected chi connectivity index (χ3v) is 4.64. The molecule has 2 heterocycles. The number of fused-ring (bicyclic) bond motifs is 1. The summed E-state index contributed by atoms with van der Waals surface area (Å²) >= 11 is -0.769. The van der Waals surface area contributed by atoms with Crippen molar-refractivity contribution in [1.29, 1.82) is 0 Å². The fraction of sp³-hybridized carbons (Fsp3) is 0.143. The second-order valence-electron chi connectivity index (χ2n) is 4.59. The van der Waals surface area contributed by atoms with Crippen LogP contribution in [-0.4, -0.2) is 23.8 Å². The molecular weight excluding hydrogens is 383 g/mol. The summed E-state index contributed by atoms with van der Waals surface area (Å²) in [7, 11) is 0. The molecule has 3 rings (SSSR count). The first-order valence-electron chi connectivity index (χ1n) is 6.27. The summed E-state index contributed by atoms with van der Waals surface area (Å²) in [4.78, 5) is 0. The van der Waals surface area contributed by atoms with Crippen LogP contribution in [0.5, 0.6) is 5.75 Å². The normalized spacial score (nSPS) is 12.9. The molecule has 0 fully saturated rings. The number of benzene rings is 1. The summed E-state index contributed by atoms with van der Waals surface area (Å²) in [5.41, 5.74) is 8.69. The van der Waals surface area contributed by atoms with Gasteiger partial charge in [0.15, 0.2) is 0 Å². The Balaban J connectivity index is 2.23. The molecule has 2 aromatic heterocycles. The average molecular weight is 394 g/mol. The first-order chi connectivity index (χ1) is 10.1. The van der Waals surface area contributed by atoms with Crippen LogP contribution >= 0.6 is 0 Å². The molecule has 1 aromatic carbocycles. The van der Waals surface area contributed by atoms with Crippen molar-refractivity contribution in [2.45, 2.75) is 13.1 Å². The van der Waals surface area contributed by atoms with E-state index in [0.29, 0.717) is 22.3 Å². The molecule has 106 valence electrons. The van der Waals surface area contributed by atoms with Crippen LogP contribution in [-0.2, 0) is 0 Å². The molecule has 0 bridgehead atoms. The van der Waals surface area contributed by atoms with Crippen LogP contribution < -0.4 is 21.3 Å². The van der Waals surface area contributed by atoms with Crippen molar-refractivity contribution >= 4 is 16.7 Å².